The number of hydrogen-bond donors (Lipinski definition) is 0. The van der Waals surface area contributed by atoms with Crippen molar-refractivity contribution in [1.29, 1.82) is 0 Å². The highest BCUT2D eigenvalue weighted by Crippen LogP contribution is 2.02. The van der Waals surface area contributed by atoms with E-state index in [0.717, 1.165) is 24.5 Å². The van der Waals surface area contributed by atoms with Crippen molar-refractivity contribution in [2.24, 2.45) is 5.92 Å². The normalized spacial score (nSPS) is 13.2. The summed E-state index contributed by atoms with van der Waals surface area (Å²) in [6, 6.07) is 0. The highest BCUT2D eigenvalue weighted by Gasteiger charge is 1.95. The van der Waals surface area contributed by atoms with Crippen LogP contribution in [0, 0.1) is 5.92 Å². The molecule has 0 heterocycles. The van der Waals surface area contributed by atoms with Gasteiger partial charge in [-0.25, -0.2) is 0 Å². The van der Waals surface area contributed by atoms with Gasteiger partial charge in [-0.15, -0.1) is 0 Å². The second kappa shape index (κ2) is 5.29. The summed E-state index contributed by atoms with van der Waals surface area (Å²) in [6.45, 7) is 1.94. The lowest BCUT2D eigenvalue weighted by molar-refractivity contribution is -0.110. The van der Waals surface area contributed by atoms with Crippen LogP contribution in [0.3, 0.4) is 0 Å². The third kappa shape index (κ3) is 4.31. The van der Waals surface area contributed by atoms with E-state index in [1.807, 2.05) is 6.92 Å². The maximum Gasteiger partial charge on any atom is 0.122 e. The Morgan fingerprint density at radius 1 is 1.75 bits per heavy atom. The molecule has 0 radical (unpaired) electrons. The zero-order valence-electron chi connectivity index (χ0n) is 5.06. The number of halogens is 1. The number of carbonyl (C=O) groups is 1. The van der Waals surface area contributed by atoms with Crippen LogP contribution >= 0.6 is 15.9 Å². The molecule has 0 bridgehead atoms. The van der Waals surface area contributed by atoms with Gasteiger partial charge in [0.2, 0.25) is 0 Å². The molecule has 0 aromatic rings. The third-order valence-corrected chi connectivity index (χ3v) is 1.59. The lowest BCUT2D eigenvalue weighted by Crippen LogP contribution is -1.94. The fourth-order valence-corrected chi connectivity index (χ4v) is 0.791. The first-order chi connectivity index (χ1) is 3.81. The second-order valence-corrected chi connectivity index (χ2v) is 2.74. The summed E-state index contributed by atoms with van der Waals surface area (Å²) in [6.07, 6.45) is 3.11. The molecule has 0 spiro atoms. The molecule has 8 heavy (non-hydrogen) atoms. The van der Waals surface area contributed by atoms with Crippen LogP contribution in [0.4, 0.5) is 0 Å². The predicted molar refractivity (Wildman–Crippen MR) is 38.3 cm³/mol. The van der Waals surface area contributed by atoms with Crippen LogP contribution in [0.5, 0.6) is 0 Å². The Bertz CT molecular complexity index is 63.5. The van der Waals surface area contributed by atoms with Gasteiger partial charge in [0.05, 0.1) is 0 Å². The van der Waals surface area contributed by atoms with Crippen LogP contribution in [0.1, 0.15) is 19.8 Å². The summed E-state index contributed by atoms with van der Waals surface area (Å²) in [7, 11) is 0. The van der Waals surface area contributed by atoms with Gasteiger partial charge in [0.25, 0.3) is 0 Å². The van der Waals surface area contributed by atoms with E-state index in [1.165, 1.54) is 0 Å². The van der Waals surface area contributed by atoms with Gasteiger partial charge in [0.1, 0.15) is 6.29 Å². The number of rotatable bonds is 4. The zero-order chi connectivity index (χ0) is 6.41. The Balaban J connectivity index is 2.98. The van der Waals surface area contributed by atoms with E-state index in [4.69, 9.17) is 0 Å². The van der Waals surface area contributed by atoms with Gasteiger partial charge >= 0.3 is 0 Å². The number of hydrogen-bond acceptors (Lipinski definition) is 1. The molecule has 0 N–H and O–H groups in total. The second-order valence-electron chi connectivity index (χ2n) is 1.94. The van der Waals surface area contributed by atoms with E-state index in [0.29, 0.717) is 0 Å². The van der Waals surface area contributed by atoms with Gasteiger partial charge in [-0.1, -0.05) is 22.9 Å². The first-order valence-corrected chi connectivity index (χ1v) is 3.94. The SMILES string of the molecule is C[C@@H](C=O)CCCBr. The Morgan fingerprint density at radius 3 is 2.75 bits per heavy atom. The minimum Gasteiger partial charge on any atom is -0.303 e. The summed E-state index contributed by atoms with van der Waals surface area (Å²) in [5, 5.41) is 1.01. The summed E-state index contributed by atoms with van der Waals surface area (Å²) in [5.74, 6) is 0.243. The average molecular weight is 179 g/mol. The Labute approximate surface area is 58.6 Å². The van der Waals surface area contributed by atoms with Gasteiger partial charge in [0.15, 0.2) is 0 Å². The van der Waals surface area contributed by atoms with Gasteiger partial charge in [0, 0.05) is 11.2 Å². The number of carbonyl (C=O) groups excluding carboxylic acids is 1. The molecule has 0 aromatic carbocycles. The Hall–Kier alpha value is 0.150. The lowest BCUT2D eigenvalue weighted by Gasteiger charge is -1.97. The van der Waals surface area contributed by atoms with E-state index in [-0.39, 0.29) is 5.92 Å². The van der Waals surface area contributed by atoms with Crippen molar-refractivity contribution in [2.75, 3.05) is 5.33 Å². The fourth-order valence-electron chi connectivity index (χ4n) is 0.467. The Kier molecular flexibility index (Phi) is 5.39. The summed E-state index contributed by atoms with van der Waals surface area (Å²) >= 11 is 3.29. The molecule has 0 aliphatic rings. The molecule has 0 amide bonds. The highest BCUT2D eigenvalue weighted by atomic mass is 79.9. The fraction of sp³-hybridized carbons (Fsp3) is 0.833. The van der Waals surface area contributed by atoms with Crippen molar-refractivity contribution in [3.63, 3.8) is 0 Å². The van der Waals surface area contributed by atoms with Crippen molar-refractivity contribution in [3.05, 3.63) is 0 Å². The molecule has 0 unspecified atom stereocenters. The molecule has 0 aromatic heterocycles. The van der Waals surface area contributed by atoms with Gasteiger partial charge < -0.3 is 4.79 Å². The zero-order valence-corrected chi connectivity index (χ0v) is 6.65. The molecule has 0 saturated heterocycles. The van der Waals surface area contributed by atoms with Gasteiger partial charge in [-0.2, -0.15) is 0 Å². The number of alkyl halides is 1. The third-order valence-electron chi connectivity index (χ3n) is 1.03. The van der Waals surface area contributed by atoms with E-state index >= 15 is 0 Å². The lowest BCUT2D eigenvalue weighted by atomic mass is 10.1. The largest absolute Gasteiger partial charge is 0.303 e. The number of aldehydes is 1. The molecule has 0 rings (SSSR count). The Morgan fingerprint density at radius 2 is 2.38 bits per heavy atom. The summed E-state index contributed by atoms with van der Waals surface area (Å²) in [5.41, 5.74) is 0. The molecule has 0 aliphatic heterocycles. The van der Waals surface area contributed by atoms with Crippen LogP contribution in [0.15, 0.2) is 0 Å². The topological polar surface area (TPSA) is 17.1 Å². The molecule has 1 nitrogen and oxygen atoms in total. The van der Waals surface area contributed by atoms with E-state index < -0.39 is 0 Å². The van der Waals surface area contributed by atoms with Crippen molar-refractivity contribution in [2.45, 2.75) is 19.8 Å². The minimum atomic E-state index is 0.243. The van der Waals surface area contributed by atoms with Crippen LogP contribution < -0.4 is 0 Å². The maximum absolute atomic E-state index is 10.00. The average Bonchev–Trinajstić information content (AvgIpc) is 1.83. The molecule has 0 saturated carbocycles. The van der Waals surface area contributed by atoms with Crippen LogP contribution in [0.25, 0.3) is 0 Å². The van der Waals surface area contributed by atoms with Crippen LogP contribution in [-0.2, 0) is 4.79 Å². The standard InChI is InChI=1S/C6H11BrO/c1-6(5-8)3-2-4-7/h5-6H,2-4H2,1H3/t6-/m1/s1. The molecular weight excluding hydrogens is 168 g/mol. The van der Waals surface area contributed by atoms with E-state index in [2.05, 4.69) is 15.9 Å². The van der Waals surface area contributed by atoms with Gasteiger partial charge in [-0.3, -0.25) is 0 Å². The van der Waals surface area contributed by atoms with E-state index in [9.17, 15) is 4.79 Å². The minimum absolute atomic E-state index is 0.243. The summed E-state index contributed by atoms with van der Waals surface area (Å²) < 4.78 is 0. The quantitative estimate of drug-likeness (QED) is 0.476. The molecule has 48 valence electrons. The molecule has 2 heteroatoms. The highest BCUT2D eigenvalue weighted by molar-refractivity contribution is 9.09. The van der Waals surface area contributed by atoms with Crippen molar-refractivity contribution in [3.8, 4) is 0 Å². The smallest absolute Gasteiger partial charge is 0.122 e. The van der Waals surface area contributed by atoms with Crippen molar-refractivity contribution >= 4 is 22.2 Å². The first kappa shape index (κ1) is 8.15. The monoisotopic (exact) mass is 178 g/mol. The summed E-state index contributed by atoms with van der Waals surface area (Å²) in [4.78, 5) is 10.00. The van der Waals surface area contributed by atoms with Crippen molar-refractivity contribution < 1.29 is 4.79 Å². The molecule has 0 aliphatic carbocycles. The predicted octanol–water partition coefficient (Wildman–Crippen LogP) is 2.00. The molecular formula is C6H11BrO. The van der Waals surface area contributed by atoms with Gasteiger partial charge in [-0.05, 0) is 12.8 Å². The van der Waals surface area contributed by atoms with Crippen LogP contribution in [0.2, 0.25) is 0 Å². The maximum atomic E-state index is 10.00. The van der Waals surface area contributed by atoms with Crippen molar-refractivity contribution in [1.82, 2.24) is 0 Å². The molecule has 0 fully saturated rings. The van der Waals surface area contributed by atoms with E-state index in [1.54, 1.807) is 0 Å². The first-order valence-electron chi connectivity index (χ1n) is 2.82. The molecule has 1 atom stereocenters. The van der Waals surface area contributed by atoms with Crippen LogP contribution in [-0.4, -0.2) is 11.6 Å².